The van der Waals surface area contributed by atoms with E-state index >= 15 is 0 Å². The first-order valence-corrected chi connectivity index (χ1v) is 35.8. The summed E-state index contributed by atoms with van der Waals surface area (Å²) in [5.74, 6) is 2.67. The number of cyclic esters (lactones) is 1. The second-order valence-electron chi connectivity index (χ2n) is 33.2. The first kappa shape index (κ1) is 99.9. The Morgan fingerprint density at radius 2 is 0.930 bits per heavy atom. The molecule has 590 valence electrons. The molecule has 100 heavy (non-hydrogen) atoms. The van der Waals surface area contributed by atoms with Crippen LogP contribution in [0.5, 0.6) is 0 Å². The van der Waals surface area contributed by atoms with Gasteiger partial charge in [0.15, 0.2) is 6.61 Å². The minimum absolute atomic E-state index is 0. The third-order valence-electron chi connectivity index (χ3n) is 24.7. The number of carbonyl (C=O) groups excluding carboxylic acids is 8. The summed E-state index contributed by atoms with van der Waals surface area (Å²) in [6.45, 7) is 33.3. The van der Waals surface area contributed by atoms with Gasteiger partial charge < -0.3 is 43.0 Å². The molecule has 13 rings (SSSR count). The minimum atomic E-state index is -0.687. The number of aliphatic hydroxyl groups is 1. The topological polar surface area (TPSA) is 231 Å². The first-order chi connectivity index (χ1) is 42.4. The second kappa shape index (κ2) is 39.2. The second-order valence-corrected chi connectivity index (χ2v) is 33.2. The average Bonchev–Trinajstić information content (AvgIpc) is 0.949. The lowest BCUT2D eigenvalue weighted by Gasteiger charge is -2.60. The number of esters is 8. The maximum Gasteiger partial charge on any atom is 0.347 e. The molecule has 10 bridgehead atoms. The standard InChI is InChI=1S/C18H30O2.C16H22O6.C16H26O3.C14H26O2.C10H16O4.9CH4/c1-5-17(3,4)16(19)20-18(6-2)14-8-12-7-13(10-14)11-15(18)9-12;1-4-16(2,3)15(19)20-7-11(17)21-12-8-5-9-10(6-8)14(18)22-13(9)12;1-4-14(2,3)13(17)19-16-8-11-5-12(9-16)7-15(18,6-11)10-16;1-5-13(3,4)12(15)16-14(6-2)10-8-7-9-11-14;1-4-10(2,3)9(12)14-7-5-6-13-8(7)11;;;;;;;;;/h12-15H,5-11H2,1-4H3;8-10,12-13H,4-7H2,1-3H3;11-12,18H,4-10H2,1-3H3;5-11H2,1-4H3;7H,4-6H2,1-3H3;9*1H4. The maximum absolute atomic E-state index is 12.6. The Balaban J connectivity index is -0.00000116. The van der Waals surface area contributed by atoms with E-state index in [9.17, 15) is 43.5 Å². The van der Waals surface area contributed by atoms with Gasteiger partial charge in [0.1, 0.15) is 29.0 Å². The molecule has 13 aliphatic rings. The highest BCUT2D eigenvalue weighted by Gasteiger charge is 2.64. The van der Waals surface area contributed by atoms with Crippen molar-refractivity contribution in [1.29, 1.82) is 0 Å². The lowest BCUT2D eigenvalue weighted by molar-refractivity contribution is -0.225. The molecule has 0 spiro atoms. The predicted octanol–water partition coefficient (Wildman–Crippen LogP) is 20.2. The van der Waals surface area contributed by atoms with Crippen LogP contribution in [0.15, 0.2) is 0 Å². The molecule has 0 radical (unpaired) electrons. The van der Waals surface area contributed by atoms with Crippen LogP contribution in [0, 0.1) is 80.3 Å². The molecule has 0 amide bonds. The van der Waals surface area contributed by atoms with Crippen molar-refractivity contribution < 1.29 is 81.4 Å². The van der Waals surface area contributed by atoms with Crippen LogP contribution >= 0.6 is 0 Å². The molecule has 0 aromatic rings. The normalized spacial score (nSPS) is 31.1. The monoisotopic (exact) mass is 1430 g/mol. The fraction of sp³-hybridized carbons (Fsp3) is 0.904. The third-order valence-corrected chi connectivity index (χ3v) is 24.7. The highest BCUT2D eigenvalue weighted by Crippen LogP contribution is 2.62. The van der Waals surface area contributed by atoms with Crippen LogP contribution in [0.4, 0.5) is 0 Å². The summed E-state index contributed by atoms with van der Waals surface area (Å²) in [6.07, 6.45) is 24.6. The largest absolute Gasteiger partial charge is 0.463 e. The molecule has 8 unspecified atom stereocenters. The van der Waals surface area contributed by atoms with Gasteiger partial charge in [-0.15, -0.1) is 0 Å². The molecule has 17 nitrogen and oxygen atoms in total. The van der Waals surface area contributed by atoms with Crippen LogP contribution in [0.3, 0.4) is 0 Å². The third kappa shape index (κ3) is 22.6. The van der Waals surface area contributed by atoms with Gasteiger partial charge in [-0.05, 0) is 252 Å². The van der Waals surface area contributed by atoms with Crippen LogP contribution in [-0.4, -0.2) is 107 Å². The molecule has 11 aliphatic carbocycles. The zero-order valence-electron chi connectivity index (χ0n) is 59.2. The van der Waals surface area contributed by atoms with Gasteiger partial charge in [0, 0.05) is 24.7 Å². The molecule has 2 saturated heterocycles. The van der Waals surface area contributed by atoms with Crippen molar-refractivity contribution >= 4 is 47.8 Å². The van der Waals surface area contributed by atoms with Gasteiger partial charge in [0.25, 0.3) is 0 Å². The Morgan fingerprint density at radius 1 is 0.490 bits per heavy atom. The summed E-state index contributed by atoms with van der Waals surface area (Å²) < 4.78 is 43.6. The number of hydrogen-bond donors (Lipinski definition) is 1. The average molecular weight is 1430 g/mol. The Hall–Kier alpha value is -4.28. The Labute approximate surface area is 612 Å². The zero-order valence-corrected chi connectivity index (χ0v) is 59.2. The summed E-state index contributed by atoms with van der Waals surface area (Å²) in [4.78, 5) is 95.1. The van der Waals surface area contributed by atoms with E-state index < -0.39 is 45.9 Å². The van der Waals surface area contributed by atoms with Gasteiger partial charge in [-0.25, -0.2) is 9.59 Å². The van der Waals surface area contributed by atoms with Gasteiger partial charge in [0.2, 0.25) is 6.10 Å². The van der Waals surface area contributed by atoms with Crippen LogP contribution in [-0.2, 0) is 76.3 Å². The molecule has 2 heterocycles. The molecule has 8 atom stereocenters. The predicted molar refractivity (Wildman–Crippen MR) is 404 cm³/mol. The van der Waals surface area contributed by atoms with E-state index in [-0.39, 0.29) is 161 Å². The van der Waals surface area contributed by atoms with Crippen molar-refractivity contribution in [2.24, 2.45) is 80.3 Å². The summed E-state index contributed by atoms with van der Waals surface area (Å²) in [5.41, 5.74) is -3.41. The molecule has 2 aliphatic heterocycles. The quantitative estimate of drug-likeness (QED) is 0.0936. The molecule has 0 aromatic carbocycles. The first-order valence-electron chi connectivity index (χ1n) is 35.8. The van der Waals surface area contributed by atoms with E-state index in [1.54, 1.807) is 27.7 Å². The smallest absolute Gasteiger partial charge is 0.347 e. The number of hydrogen-bond acceptors (Lipinski definition) is 17. The molecule has 0 aromatic heterocycles. The number of ether oxygens (including phenoxy) is 8. The van der Waals surface area contributed by atoms with E-state index in [0.717, 1.165) is 95.3 Å². The number of rotatable bonds is 19. The summed E-state index contributed by atoms with van der Waals surface area (Å²) in [6, 6.07) is 0. The van der Waals surface area contributed by atoms with Gasteiger partial charge in [-0.2, -0.15) is 0 Å². The fourth-order valence-electron chi connectivity index (χ4n) is 16.9. The Morgan fingerprint density at radius 3 is 1.36 bits per heavy atom. The van der Waals surface area contributed by atoms with Crippen LogP contribution in [0.2, 0.25) is 0 Å². The lowest BCUT2D eigenvalue weighted by atomic mass is 9.49. The zero-order chi connectivity index (χ0) is 67.5. The van der Waals surface area contributed by atoms with E-state index in [4.69, 9.17) is 37.9 Å². The van der Waals surface area contributed by atoms with E-state index in [1.807, 2.05) is 69.2 Å². The highest BCUT2D eigenvalue weighted by atomic mass is 16.6. The maximum atomic E-state index is 12.6. The van der Waals surface area contributed by atoms with Gasteiger partial charge in [0.05, 0.1) is 45.2 Å². The molecule has 11 saturated carbocycles. The molecule has 17 heteroatoms. The van der Waals surface area contributed by atoms with Crippen LogP contribution in [0.25, 0.3) is 0 Å². The molecule has 1 N–H and O–H groups in total. The van der Waals surface area contributed by atoms with Crippen molar-refractivity contribution in [3.63, 3.8) is 0 Å². The minimum Gasteiger partial charge on any atom is -0.463 e. The summed E-state index contributed by atoms with van der Waals surface area (Å²) >= 11 is 0. The Bertz CT molecular complexity index is 2550. The fourth-order valence-corrected chi connectivity index (χ4v) is 16.9. The number of fused-ring (bicyclic) bond motifs is 1. The van der Waals surface area contributed by atoms with Gasteiger partial charge in [-0.1, -0.05) is 122 Å². The number of carbonyl (C=O) groups is 8. The summed E-state index contributed by atoms with van der Waals surface area (Å²) in [7, 11) is 0. The Kier molecular flexibility index (Phi) is 39.1. The van der Waals surface area contributed by atoms with Crippen molar-refractivity contribution in [3.8, 4) is 0 Å². The highest BCUT2D eigenvalue weighted by molar-refractivity contribution is 5.83. The van der Waals surface area contributed by atoms with Crippen LogP contribution < -0.4 is 0 Å². The molecular formula is C83H156O17. The van der Waals surface area contributed by atoms with E-state index in [2.05, 4.69) is 20.8 Å². The van der Waals surface area contributed by atoms with Crippen molar-refractivity contribution in [1.82, 2.24) is 0 Å². The van der Waals surface area contributed by atoms with Gasteiger partial charge in [-0.3, -0.25) is 28.8 Å². The SMILES string of the molecule is C.C.C.C.C.C.C.C.C.CCC(C)(C)C(=O)OC1(CC)C2CC3CC(C2)CC1C3.CCC(C)(C)C(=O)OC12CC3CC(CC(O)(C3)C1)C2.CCC(C)(C)C(=O)OC1CCOC1=O.CCC(C)(C)C(=O)OCC(=O)OC1C2CC3C(=O)OC1C3C2.CCC1(OC(=O)C(C)(C)CC)CCCCC1. The molecule has 13 fully saturated rings. The van der Waals surface area contributed by atoms with Crippen molar-refractivity contribution in [3.05, 3.63) is 0 Å². The van der Waals surface area contributed by atoms with Gasteiger partial charge >= 0.3 is 47.8 Å². The van der Waals surface area contributed by atoms with Crippen molar-refractivity contribution in [2.75, 3.05) is 13.2 Å². The van der Waals surface area contributed by atoms with Crippen LogP contribution in [0.1, 0.15) is 351 Å². The van der Waals surface area contributed by atoms with E-state index in [1.165, 1.54) is 57.8 Å². The summed E-state index contributed by atoms with van der Waals surface area (Å²) in [5, 5.41) is 10.6. The lowest BCUT2D eigenvalue weighted by Crippen LogP contribution is -2.61. The van der Waals surface area contributed by atoms with Crippen molar-refractivity contribution in [2.45, 2.75) is 392 Å². The van der Waals surface area contributed by atoms with E-state index in [0.29, 0.717) is 56.0 Å². The molecular weight excluding hydrogens is 1270 g/mol.